The van der Waals surface area contributed by atoms with Crippen LogP contribution in [0.2, 0.25) is 0 Å². The molecule has 3 aromatic rings. The predicted octanol–water partition coefficient (Wildman–Crippen LogP) is 4.78. The molecule has 138 valence electrons. The van der Waals surface area contributed by atoms with Crippen LogP contribution in [-0.2, 0) is 15.4 Å². The fourth-order valence-electron chi connectivity index (χ4n) is 3.84. The molecule has 0 saturated carbocycles. The van der Waals surface area contributed by atoms with Crippen molar-refractivity contribution in [1.82, 2.24) is 4.98 Å². The van der Waals surface area contributed by atoms with Gasteiger partial charge in [-0.3, -0.25) is 4.72 Å². The SMILES string of the molecule is CCC(CC)(c1ccccc1F)c1c[nH]c2c(NS(C)(=O)=O)cccc12. The van der Waals surface area contributed by atoms with Crippen molar-refractivity contribution in [2.24, 2.45) is 0 Å². The topological polar surface area (TPSA) is 62.0 Å². The molecule has 0 bridgehead atoms. The molecule has 4 nitrogen and oxygen atoms in total. The van der Waals surface area contributed by atoms with Crippen LogP contribution in [0.1, 0.15) is 37.8 Å². The summed E-state index contributed by atoms with van der Waals surface area (Å²) in [4.78, 5) is 3.19. The number of fused-ring (bicyclic) bond motifs is 1. The van der Waals surface area contributed by atoms with E-state index in [9.17, 15) is 12.8 Å². The highest BCUT2D eigenvalue weighted by molar-refractivity contribution is 7.92. The Kier molecular flexibility index (Phi) is 4.80. The van der Waals surface area contributed by atoms with E-state index < -0.39 is 15.4 Å². The molecule has 1 heterocycles. The van der Waals surface area contributed by atoms with E-state index in [0.717, 1.165) is 30.0 Å². The van der Waals surface area contributed by atoms with Gasteiger partial charge in [0.05, 0.1) is 17.5 Å². The Hall–Kier alpha value is -2.34. The summed E-state index contributed by atoms with van der Waals surface area (Å²) < 4.78 is 40.5. The van der Waals surface area contributed by atoms with Crippen molar-refractivity contribution in [3.63, 3.8) is 0 Å². The van der Waals surface area contributed by atoms with E-state index >= 15 is 0 Å². The Morgan fingerprint density at radius 3 is 2.35 bits per heavy atom. The number of halogens is 1. The first kappa shape index (κ1) is 18.5. The van der Waals surface area contributed by atoms with E-state index in [1.165, 1.54) is 6.07 Å². The molecule has 0 amide bonds. The molecule has 0 radical (unpaired) electrons. The van der Waals surface area contributed by atoms with Crippen molar-refractivity contribution in [2.75, 3.05) is 11.0 Å². The van der Waals surface area contributed by atoms with Crippen LogP contribution in [0.15, 0.2) is 48.7 Å². The third-order valence-electron chi connectivity index (χ3n) is 5.12. The number of anilines is 1. The Labute approximate surface area is 153 Å². The van der Waals surface area contributed by atoms with Gasteiger partial charge in [0.2, 0.25) is 10.0 Å². The number of rotatable bonds is 6. The first-order valence-electron chi connectivity index (χ1n) is 8.65. The minimum absolute atomic E-state index is 0.226. The third-order valence-corrected chi connectivity index (χ3v) is 5.71. The molecule has 0 spiro atoms. The Balaban J connectivity index is 2.26. The number of aromatic amines is 1. The maximum atomic E-state index is 14.7. The zero-order chi connectivity index (χ0) is 18.9. The van der Waals surface area contributed by atoms with Gasteiger partial charge in [-0.15, -0.1) is 0 Å². The van der Waals surface area contributed by atoms with Crippen molar-refractivity contribution in [2.45, 2.75) is 32.1 Å². The quantitative estimate of drug-likeness (QED) is 0.652. The van der Waals surface area contributed by atoms with Crippen molar-refractivity contribution >= 4 is 26.6 Å². The average molecular weight is 374 g/mol. The first-order valence-corrected chi connectivity index (χ1v) is 10.5. The summed E-state index contributed by atoms with van der Waals surface area (Å²) >= 11 is 0. The lowest BCUT2D eigenvalue weighted by Crippen LogP contribution is -2.27. The molecule has 2 aromatic carbocycles. The zero-order valence-electron chi connectivity index (χ0n) is 15.1. The molecule has 2 N–H and O–H groups in total. The lowest BCUT2D eigenvalue weighted by atomic mass is 9.70. The molecule has 26 heavy (non-hydrogen) atoms. The van der Waals surface area contributed by atoms with Crippen molar-refractivity contribution in [3.8, 4) is 0 Å². The van der Waals surface area contributed by atoms with Crippen LogP contribution in [0.3, 0.4) is 0 Å². The monoisotopic (exact) mass is 374 g/mol. The van der Waals surface area contributed by atoms with Crippen molar-refractivity contribution in [3.05, 3.63) is 65.6 Å². The van der Waals surface area contributed by atoms with Gasteiger partial charge in [0.25, 0.3) is 0 Å². The van der Waals surface area contributed by atoms with E-state index in [2.05, 4.69) is 9.71 Å². The molecule has 0 aliphatic heterocycles. The highest BCUT2D eigenvalue weighted by Gasteiger charge is 2.35. The minimum atomic E-state index is -3.39. The predicted molar refractivity (Wildman–Crippen MR) is 105 cm³/mol. The Morgan fingerprint density at radius 2 is 1.73 bits per heavy atom. The lowest BCUT2D eigenvalue weighted by molar-refractivity contribution is 0.452. The van der Waals surface area contributed by atoms with Gasteiger partial charge in [0.15, 0.2) is 0 Å². The molecule has 0 atom stereocenters. The number of benzene rings is 2. The number of H-pyrrole nitrogens is 1. The molecule has 0 aliphatic carbocycles. The molecule has 0 unspecified atom stereocenters. The van der Waals surface area contributed by atoms with Gasteiger partial charge in [-0.1, -0.05) is 44.2 Å². The van der Waals surface area contributed by atoms with Crippen LogP contribution < -0.4 is 4.72 Å². The summed E-state index contributed by atoms with van der Waals surface area (Å²) in [5.41, 5.74) is 2.33. The van der Waals surface area contributed by atoms with E-state index in [4.69, 9.17) is 0 Å². The molecular weight excluding hydrogens is 351 g/mol. The number of sulfonamides is 1. The molecule has 1 aromatic heterocycles. The molecule has 3 rings (SSSR count). The lowest BCUT2D eigenvalue weighted by Gasteiger charge is -2.33. The zero-order valence-corrected chi connectivity index (χ0v) is 16.0. The second-order valence-corrected chi connectivity index (χ2v) is 8.32. The van der Waals surface area contributed by atoms with Gasteiger partial charge in [0.1, 0.15) is 5.82 Å². The fourth-order valence-corrected chi connectivity index (χ4v) is 4.41. The number of hydrogen-bond acceptors (Lipinski definition) is 2. The van der Waals surface area contributed by atoms with Gasteiger partial charge in [-0.05, 0) is 36.1 Å². The summed E-state index contributed by atoms with van der Waals surface area (Å²) in [6.45, 7) is 4.10. The van der Waals surface area contributed by atoms with Gasteiger partial charge >= 0.3 is 0 Å². The highest BCUT2D eigenvalue weighted by atomic mass is 32.2. The maximum absolute atomic E-state index is 14.7. The second kappa shape index (κ2) is 6.76. The summed E-state index contributed by atoms with van der Waals surface area (Å²) in [6.07, 6.45) is 4.44. The molecule has 0 saturated heterocycles. The van der Waals surface area contributed by atoms with E-state index in [0.29, 0.717) is 16.8 Å². The van der Waals surface area contributed by atoms with Gasteiger partial charge in [0, 0.05) is 17.0 Å². The van der Waals surface area contributed by atoms with Gasteiger partial charge in [-0.2, -0.15) is 0 Å². The number of nitrogens with one attached hydrogen (secondary N) is 2. The van der Waals surface area contributed by atoms with Crippen molar-refractivity contribution in [1.29, 1.82) is 0 Å². The highest BCUT2D eigenvalue weighted by Crippen LogP contribution is 2.44. The first-order chi connectivity index (χ1) is 12.3. The summed E-state index contributed by atoms with van der Waals surface area (Å²) in [5.74, 6) is -0.226. The Bertz CT molecular complexity index is 1040. The molecule has 0 aliphatic rings. The third kappa shape index (κ3) is 3.09. The van der Waals surface area contributed by atoms with Crippen LogP contribution in [0.5, 0.6) is 0 Å². The number of hydrogen-bond donors (Lipinski definition) is 2. The van der Waals surface area contributed by atoms with Crippen molar-refractivity contribution < 1.29 is 12.8 Å². The van der Waals surface area contributed by atoms with Crippen LogP contribution in [0, 0.1) is 5.82 Å². The van der Waals surface area contributed by atoms with Crippen LogP contribution in [-0.4, -0.2) is 19.7 Å². The minimum Gasteiger partial charge on any atom is -0.359 e. The number of aromatic nitrogens is 1. The molecule has 0 fully saturated rings. The van der Waals surface area contributed by atoms with Crippen LogP contribution >= 0.6 is 0 Å². The maximum Gasteiger partial charge on any atom is 0.229 e. The van der Waals surface area contributed by atoms with Crippen LogP contribution in [0.4, 0.5) is 10.1 Å². The van der Waals surface area contributed by atoms with E-state index in [-0.39, 0.29) is 5.82 Å². The smallest absolute Gasteiger partial charge is 0.229 e. The van der Waals surface area contributed by atoms with Crippen LogP contribution in [0.25, 0.3) is 10.9 Å². The van der Waals surface area contributed by atoms with Gasteiger partial charge < -0.3 is 4.98 Å². The summed E-state index contributed by atoms with van der Waals surface area (Å²) in [6, 6.07) is 12.3. The summed E-state index contributed by atoms with van der Waals surface area (Å²) in [5, 5.41) is 0.894. The van der Waals surface area contributed by atoms with E-state index in [1.54, 1.807) is 12.1 Å². The normalized spacial score (nSPS) is 12.5. The Morgan fingerprint density at radius 1 is 1.04 bits per heavy atom. The number of para-hydroxylation sites is 1. The van der Waals surface area contributed by atoms with E-state index in [1.807, 2.05) is 44.3 Å². The molecular formula is C20H23FN2O2S. The standard InChI is InChI=1S/C20H23FN2O2S/c1-4-20(5-2,15-10-6-7-11-17(15)21)16-13-22-19-14(16)9-8-12-18(19)23-26(3,24)25/h6-13,22-23H,4-5H2,1-3H3. The second-order valence-electron chi connectivity index (χ2n) is 6.57. The van der Waals surface area contributed by atoms with Gasteiger partial charge in [-0.25, -0.2) is 12.8 Å². The molecule has 6 heteroatoms. The summed E-state index contributed by atoms with van der Waals surface area (Å²) in [7, 11) is -3.39. The average Bonchev–Trinajstić information content (AvgIpc) is 3.03. The largest absolute Gasteiger partial charge is 0.359 e. The fraction of sp³-hybridized carbons (Fsp3) is 0.300.